The van der Waals surface area contributed by atoms with Crippen molar-refractivity contribution in [3.05, 3.63) is 17.4 Å². The predicted octanol–water partition coefficient (Wildman–Crippen LogP) is 2.85. The second-order valence-corrected chi connectivity index (χ2v) is 7.80. The van der Waals surface area contributed by atoms with Crippen LogP contribution in [0.25, 0.3) is 11.0 Å². The summed E-state index contributed by atoms with van der Waals surface area (Å²) in [6.07, 6.45) is 1.61. The third kappa shape index (κ3) is 2.34. The van der Waals surface area contributed by atoms with Gasteiger partial charge in [-0.1, -0.05) is 11.6 Å². The van der Waals surface area contributed by atoms with Crippen molar-refractivity contribution in [3.63, 3.8) is 0 Å². The molecule has 0 amide bonds. The molecule has 0 fully saturated rings. The third-order valence-corrected chi connectivity index (χ3v) is 5.47. The Morgan fingerprint density at radius 2 is 1.89 bits per heavy atom. The number of sulfone groups is 1. The van der Waals surface area contributed by atoms with Crippen LogP contribution in [0.1, 0.15) is 33.7 Å². The molecule has 0 atom stereocenters. The lowest BCUT2D eigenvalue weighted by Gasteiger charge is -2.10. The van der Waals surface area contributed by atoms with Crippen LogP contribution in [0.3, 0.4) is 0 Å². The smallest absolute Gasteiger partial charge is 0.183 e. The predicted molar refractivity (Wildman–Crippen MR) is 75.2 cm³/mol. The van der Waals surface area contributed by atoms with Crippen molar-refractivity contribution in [2.24, 2.45) is 0 Å². The van der Waals surface area contributed by atoms with E-state index in [1.54, 1.807) is 30.8 Å². The van der Waals surface area contributed by atoms with Crippen molar-refractivity contribution in [1.29, 1.82) is 0 Å². The number of hydrogen-bond acceptors (Lipinski definition) is 4. The summed E-state index contributed by atoms with van der Waals surface area (Å²) >= 11 is 6.03. The minimum atomic E-state index is -3.44. The van der Waals surface area contributed by atoms with Crippen LogP contribution in [0, 0.1) is 0 Å². The maximum Gasteiger partial charge on any atom is 0.183 e. The van der Waals surface area contributed by atoms with E-state index >= 15 is 0 Å². The molecule has 5 nitrogen and oxygen atoms in total. The standard InChI is InChI=1S/C12H16ClN3O2S/c1-7(2)16-12-9(6-14-16)5-10(11(13)15-12)19(17,18)8(3)4/h5-8H,1-4H3. The first kappa shape index (κ1) is 14.3. The first-order valence-electron chi connectivity index (χ1n) is 6.02. The summed E-state index contributed by atoms with van der Waals surface area (Å²) < 4.78 is 26.1. The number of pyridine rings is 1. The molecule has 0 aliphatic carbocycles. The second-order valence-electron chi connectivity index (χ2n) is 4.97. The van der Waals surface area contributed by atoms with E-state index in [-0.39, 0.29) is 16.1 Å². The zero-order valence-corrected chi connectivity index (χ0v) is 12.8. The lowest BCUT2D eigenvalue weighted by molar-refractivity contribution is 0.546. The summed E-state index contributed by atoms with van der Waals surface area (Å²) in [6, 6.07) is 1.68. The minimum absolute atomic E-state index is 0.00333. The molecule has 0 aliphatic rings. The molecule has 2 aromatic heterocycles. The van der Waals surface area contributed by atoms with Gasteiger partial charge in [0.05, 0.1) is 11.4 Å². The number of nitrogens with zero attached hydrogens (tertiary/aromatic N) is 3. The molecule has 104 valence electrons. The first-order valence-corrected chi connectivity index (χ1v) is 7.95. The van der Waals surface area contributed by atoms with Gasteiger partial charge >= 0.3 is 0 Å². The Labute approximate surface area is 117 Å². The van der Waals surface area contributed by atoms with Crippen molar-refractivity contribution in [3.8, 4) is 0 Å². The normalized spacial score (nSPS) is 12.8. The molecule has 2 heterocycles. The van der Waals surface area contributed by atoms with Crippen LogP contribution in [-0.2, 0) is 9.84 Å². The number of fused-ring (bicyclic) bond motifs is 1. The molecule has 19 heavy (non-hydrogen) atoms. The van der Waals surface area contributed by atoms with Crippen LogP contribution in [0.4, 0.5) is 0 Å². The quantitative estimate of drug-likeness (QED) is 0.818. The summed E-state index contributed by atoms with van der Waals surface area (Å²) in [5.74, 6) is 0. The number of rotatable bonds is 3. The Kier molecular flexibility index (Phi) is 3.57. The van der Waals surface area contributed by atoms with Gasteiger partial charge in [0.15, 0.2) is 15.5 Å². The van der Waals surface area contributed by atoms with Gasteiger partial charge in [-0.2, -0.15) is 5.10 Å². The molecule has 0 radical (unpaired) electrons. The molecule has 0 aromatic carbocycles. The van der Waals surface area contributed by atoms with Crippen LogP contribution in [0.2, 0.25) is 5.15 Å². The molecule has 0 saturated heterocycles. The molecule has 0 bridgehead atoms. The summed E-state index contributed by atoms with van der Waals surface area (Å²) in [5, 5.41) is 4.35. The Morgan fingerprint density at radius 3 is 2.42 bits per heavy atom. The van der Waals surface area contributed by atoms with E-state index in [2.05, 4.69) is 10.1 Å². The van der Waals surface area contributed by atoms with Gasteiger partial charge in [0, 0.05) is 11.4 Å². The van der Waals surface area contributed by atoms with Crippen LogP contribution in [0.15, 0.2) is 17.2 Å². The maximum atomic E-state index is 12.2. The molecular weight excluding hydrogens is 286 g/mol. The molecule has 0 unspecified atom stereocenters. The lowest BCUT2D eigenvalue weighted by Crippen LogP contribution is -2.15. The fourth-order valence-corrected chi connectivity index (χ4v) is 3.30. The van der Waals surface area contributed by atoms with Crippen LogP contribution in [-0.4, -0.2) is 28.4 Å². The van der Waals surface area contributed by atoms with Crippen molar-refractivity contribution in [2.75, 3.05) is 0 Å². The van der Waals surface area contributed by atoms with Crippen LogP contribution in [0.5, 0.6) is 0 Å². The highest BCUT2D eigenvalue weighted by molar-refractivity contribution is 7.92. The molecule has 2 aromatic rings. The Hall–Kier alpha value is -1.14. The Bertz CT molecular complexity index is 720. The summed E-state index contributed by atoms with van der Waals surface area (Å²) in [5.41, 5.74) is 0.600. The van der Waals surface area contributed by atoms with Crippen molar-refractivity contribution >= 4 is 32.5 Å². The third-order valence-electron chi connectivity index (χ3n) is 2.91. The van der Waals surface area contributed by atoms with E-state index in [0.29, 0.717) is 11.0 Å². The summed E-state index contributed by atoms with van der Waals surface area (Å²) in [7, 11) is -3.44. The highest BCUT2D eigenvalue weighted by atomic mass is 35.5. The molecule has 7 heteroatoms. The van der Waals surface area contributed by atoms with E-state index in [4.69, 9.17) is 11.6 Å². The molecule has 2 rings (SSSR count). The molecule has 0 N–H and O–H groups in total. The van der Waals surface area contributed by atoms with E-state index in [9.17, 15) is 8.42 Å². The lowest BCUT2D eigenvalue weighted by atomic mass is 10.3. The monoisotopic (exact) mass is 301 g/mol. The Balaban J connectivity index is 2.72. The minimum Gasteiger partial charge on any atom is -0.245 e. The first-order chi connectivity index (χ1) is 8.75. The van der Waals surface area contributed by atoms with Crippen molar-refractivity contribution in [1.82, 2.24) is 14.8 Å². The molecule has 0 saturated carbocycles. The van der Waals surface area contributed by atoms with E-state index in [1.165, 1.54) is 0 Å². The van der Waals surface area contributed by atoms with Gasteiger partial charge in [-0.15, -0.1) is 0 Å². The zero-order chi connectivity index (χ0) is 14.4. The van der Waals surface area contributed by atoms with E-state index < -0.39 is 15.1 Å². The molecule has 0 aliphatic heterocycles. The number of hydrogen-bond donors (Lipinski definition) is 0. The highest BCUT2D eigenvalue weighted by Gasteiger charge is 2.24. The topological polar surface area (TPSA) is 64.8 Å². The Morgan fingerprint density at radius 1 is 1.26 bits per heavy atom. The molecular formula is C12H16ClN3O2S. The van der Waals surface area contributed by atoms with E-state index in [1.807, 2.05) is 13.8 Å². The SMILES string of the molecule is CC(C)n1ncc2cc(S(=O)(=O)C(C)C)c(Cl)nc21. The highest BCUT2D eigenvalue weighted by Crippen LogP contribution is 2.28. The maximum absolute atomic E-state index is 12.2. The van der Waals surface area contributed by atoms with Gasteiger partial charge in [0.1, 0.15) is 10.0 Å². The van der Waals surface area contributed by atoms with Gasteiger partial charge in [-0.3, -0.25) is 0 Å². The van der Waals surface area contributed by atoms with Crippen LogP contribution >= 0.6 is 11.6 Å². The fraction of sp³-hybridized carbons (Fsp3) is 0.500. The van der Waals surface area contributed by atoms with Crippen molar-refractivity contribution in [2.45, 2.75) is 43.9 Å². The van der Waals surface area contributed by atoms with Gasteiger partial charge in [0.2, 0.25) is 0 Å². The summed E-state index contributed by atoms with van der Waals surface area (Å²) in [4.78, 5) is 4.26. The van der Waals surface area contributed by atoms with Gasteiger partial charge in [0.25, 0.3) is 0 Å². The summed E-state index contributed by atoms with van der Waals surface area (Å²) in [6.45, 7) is 7.18. The average Bonchev–Trinajstić information content (AvgIpc) is 2.70. The largest absolute Gasteiger partial charge is 0.245 e. The second kappa shape index (κ2) is 4.76. The van der Waals surface area contributed by atoms with Crippen molar-refractivity contribution < 1.29 is 8.42 Å². The van der Waals surface area contributed by atoms with Crippen LogP contribution < -0.4 is 0 Å². The van der Waals surface area contributed by atoms with Gasteiger partial charge < -0.3 is 0 Å². The average molecular weight is 302 g/mol. The van der Waals surface area contributed by atoms with Gasteiger partial charge in [-0.05, 0) is 33.8 Å². The molecule has 0 spiro atoms. The van der Waals surface area contributed by atoms with E-state index in [0.717, 1.165) is 0 Å². The number of halogens is 1. The fourth-order valence-electron chi connectivity index (χ4n) is 1.77. The number of aromatic nitrogens is 3. The van der Waals surface area contributed by atoms with Gasteiger partial charge in [-0.25, -0.2) is 18.1 Å². The zero-order valence-electron chi connectivity index (χ0n) is 11.3.